The zero-order valence-corrected chi connectivity index (χ0v) is 59.9. The number of primary amides is 1. The van der Waals surface area contributed by atoms with Crippen molar-refractivity contribution >= 4 is 99.9 Å². The molecule has 0 radical (unpaired) electrons. The van der Waals surface area contributed by atoms with Crippen molar-refractivity contribution in [3.63, 3.8) is 0 Å². The number of urea groups is 1. The fourth-order valence-corrected chi connectivity index (χ4v) is 10.4. The number of nitrogens with zero attached hydrogens (tertiary/aromatic N) is 5. The van der Waals surface area contributed by atoms with E-state index < -0.39 is 89.3 Å². The summed E-state index contributed by atoms with van der Waals surface area (Å²) < 4.78 is 5.22. The zero-order valence-electron chi connectivity index (χ0n) is 59.9. The molecule has 546 valence electrons. The van der Waals surface area contributed by atoms with Gasteiger partial charge in [0, 0.05) is 98.4 Å². The van der Waals surface area contributed by atoms with E-state index in [-0.39, 0.29) is 91.4 Å². The van der Waals surface area contributed by atoms with Crippen LogP contribution in [0.5, 0.6) is 0 Å². The lowest BCUT2D eigenvalue weighted by atomic mass is 9.89. The molecule has 0 saturated carbocycles. The van der Waals surface area contributed by atoms with Gasteiger partial charge in [0.15, 0.2) is 23.1 Å². The molecule has 0 spiro atoms. The van der Waals surface area contributed by atoms with Gasteiger partial charge >= 0.3 is 12.0 Å². The molecule has 5 rings (SSSR count). The van der Waals surface area contributed by atoms with E-state index in [1.165, 1.54) is 63.6 Å². The molecule has 28 nitrogen and oxygen atoms in total. The highest BCUT2D eigenvalue weighted by molar-refractivity contribution is 6.17. The second kappa shape index (κ2) is 43.4. The van der Waals surface area contributed by atoms with Gasteiger partial charge in [0.1, 0.15) is 18.7 Å². The maximum Gasteiger partial charge on any atom is 0.312 e. The van der Waals surface area contributed by atoms with Crippen molar-refractivity contribution in [1.29, 1.82) is 0 Å². The topological polar surface area (TPSA) is 399 Å². The van der Waals surface area contributed by atoms with Crippen molar-refractivity contribution in [3.8, 4) is 0 Å². The molecule has 4 heterocycles. The van der Waals surface area contributed by atoms with Crippen LogP contribution >= 0.6 is 0 Å². The maximum absolute atomic E-state index is 13.5. The molecule has 8 N–H and O–H groups in total. The molecule has 4 aliphatic rings. The average molecular weight is 1380 g/mol. The third kappa shape index (κ3) is 29.5. The first-order valence-electron chi connectivity index (χ1n) is 33.7. The molecule has 6 unspecified atom stereocenters. The number of anilines is 1. The highest BCUT2D eigenvalue weighted by Crippen LogP contribution is 2.23. The Hall–Kier alpha value is -9.02. The number of Topliss-reactive ketones (excluding diaryl/α,β-unsaturated/α-hetero) is 4. The van der Waals surface area contributed by atoms with Crippen LogP contribution in [-0.2, 0) is 83.3 Å². The van der Waals surface area contributed by atoms with Crippen LogP contribution in [0.15, 0.2) is 72.9 Å². The monoisotopic (exact) mass is 1380 g/mol. The normalized spacial score (nSPS) is 15.9. The number of nitrogens with one attached hydrogen (secondary N) is 4. The summed E-state index contributed by atoms with van der Waals surface area (Å²) in [4.78, 5) is 197. The number of esters is 1. The SMILES string of the molecule is CC(=O)C(CCCCCC(C)C)N1C(=O)C=CC1=O.CC(=O)C(CCCCN(C)C(C)C)N1C(=O)C=CC1=O.CC(=O)C(CNC(C)C)N1C(=O)C=CC1=O.CC(C)C(=O)OCc1ccc(NC(=O)C(CCCNC(N)=O)CC(=O)C(NC(=O)C(CN)N2C(=O)C=CC2=O)C(C)C)cc1. The van der Waals surface area contributed by atoms with Crippen molar-refractivity contribution in [1.82, 2.24) is 40.4 Å². The van der Waals surface area contributed by atoms with Crippen molar-refractivity contribution in [2.75, 3.05) is 38.5 Å². The number of carbonyl (C=O) groups is 16. The molecule has 0 aromatic heterocycles. The van der Waals surface area contributed by atoms with E-state index in [4.69, 9.17) is 16.2 Å². The van der Waals surface area contributed by atoms with Crippen LogP contribution in [0.4, 0.5) is 10.5 Å². The summed E-state index contributed by atoms with van der Waals surface area (Å²) >= 11 is 0. The number of imide groups is 4. The molecule has 12 amide bonds. The van der Waals surface area contributed by atoms with Gasteiger partial charge in [0.25, 0.3) is 47.3 Å². The quantitative estimate of drug-likeness (QED) is 0.0302. The van der Waals surface area contributed by atoms with Crippen molar-refractivity contribution in [3.05, 3.63) is 78.4 Å². The maximum atomic E-state index is 13.5. The molecular formula is C71H105N11O17. The molecule has 28 heteroatoms. The second-order valence-electron chi connectivity index (χ2n) is 26.3. The number of ether oxygens (including phenoxy) is 1. The summed E-state index contributed by atoms with van der Waals surface area (Å²) in [5.74, 6) is -6.93. The summed E-state index contributed by atoms with van der Waals surface area (Å²) in [5.41, 5.74) is 12.0. The summed E-state index contributed by atoms with van der Waals surface area (Å²) in [6.45, 7) is 24.8. The van der Waals surface area contributed by atoms with E-state index >= 15 is 0 Å². The Kier molecular flexibility index (Phi) is 37.7. The van der Waals surface area contributed by atoms with E-state index in [1.54, 1.807) is 52.0 Å². The van der Waals surface area contributed by atoms with Crippen molar-refractivity contribution in [2.45, 2.75) is 210 Å². The van der Waals surface area contributed by atoms with Crippen LogP contribution in [0.25, 0.3) is 0 Å². The number of unbranched alkanes of at least 4 members (excludes halogenated alkanes) is 3. The Morgan fingerprint density at radius 2 is 0.949 bits per heavy atom. The molecule has 0 aliphatic carbocycles. The summed E-state index contributed by atoms with van der Waals surface area (Å²) in [7, 11) is 2.06. The summed E-state index contributed by atoms with van der Waals surface area (Å²) in [6, 6.07) is 2.39. The number of nitrogens with two attached hydrogens (primary N) is 2. The smallest absolute Gasteiger partial charge is 0.312 e. The number of carbonyl (C=O) groups excluding carboxylic acids is 16. The highest BCUT2D eigenvalue weighted by atomic mass is 16.5. The van der Waals surface area contributed by atoms with Crippen LogP contribution < -0.4 is 32.7 Å². The van der Waals surface area contributed by atoms with Gasteiger partial charge in [-0.3, -0.25) is 91.5 Å². The van der Waals surface area contributed by atoms with Gasteiger partial charge in [0.2, 0.25) is 11.8 Å². The zero-order chi connectivity index (χ0) is 75.0. The lowest BCUT2D eigenvalue weighted by molar-refractivity contribution is -0.149. The number of ketones is 4. The fraction of sp³-hybridized carbons (Fsp3) is 0.577. The number of hydrogen-bond donors (Lipinski definition) is 6. The Balaban J connectivity index is 0.000000501. The Bertz CT molecular complexity index is 3100. The first-order chi connectivity index (χ1) is 46.4. The van der Waals surface area contributed by atoms with Gasteiger partial charge in [-0.05, 0) is 116 Å². The molecule has 1 aromatic carbocycles. The minimum Gasteiger partial charge on any atom is -0.461 e. The summed E-state index contributed by atoms with van der Waals surface area (Å²) in [5, 5.41) is 10.9. The van der Waals surface area contributed by atoms with Crippen LogP contribution in [0.3, 0.4) is 0 Å². The Morgan fingerprint density at radius 1 is 0.525 bits per heavy atom. The van der Waals surface area contributed by atoms with Gasteiger partial charge in [-0.15, -0.1) is 0 Å². The predicted octanol–water partition coefficient (Wildman–Crippen LogP) is 4.46. The standard InChI is InChI=1S/C30H42N6O8.C15H24N2O3.C15H23NO3.C11H16N2O3/c1-17(2)26(35-28(41)22(15-31)36-24(38)11-12-25(36)39)23(37)14-20(6-5-13-33-30(32)43)27(40)34-21-9-7-19(8-10-21)16-44-29(42)18(3)4;1-11(2)16(4)10-6-5-7-13(12(3)18)17-14(19)8-9-15(17)20;1-11(2)7-5-4-6-8-13(12(3)17)16-14(18)9-10-15(16)19;1-7(2)12-6-9(8(3)14)13-10(15)4-5-11(13)16/h7-12,17-18,20,22,26H,5-6,13-16,31H2,1-4H3,(H,34,40)(H,35,41)(H3,32,33,43);8-9,11,13H,5-7,10H2,1-4H3;9-11,13H,4-8H2,1-3H3;4-5,7,9,12H,6H2,1-3H3. The molecule has 1 aromatic rings. The average Bonchev–Trinajstić information content (AvgIpc) is 1.82. The third-order valence-corrected chi connectivity index (χ3v) is 16.4. The van der Waals surface area contributed by atoms with E-state index in [0.717, 1.165) is 76.0 Å². The Morgan fingerprint density at radius 3 is 1.33 bits per heavy atom. The second-order valence-corrected chi connectivity index (χ2v) is 26.3. The van der Waals surface area contributed by atoms with Crippen LogP contribution in [-0.4, -0.2) is 194 Å². The minimum absolute atomic E-state index is 0.0825. The minimum atomic E-state index is -1.31. The first kappa shape index (κ1) is 86.1. The lowest BCUT2D eigenvalue weighted by Crippen LogP contribution is -2.57. The lowest BCUT2D eigenvalue weighted by Gasteiger charge is -2.28. The summed E-state index contributed by atoms with van der Waals surface area (Å²) in [6.07, 6.45) is 16.8. The highest BCUT2D eigenvalue weighted by Gasteiger charge is 2.39. The number of benzene rings is 1. The predicted molar refractivity (Wildman–Crippen MR) is 369 cm³/mol. The third-order valence-electron chi connectivity index (χ3n) is 16.4. The molecule has 0 fully saturated rings. The van der Waals surface area contributed by atoms with E-state index in [0.29, 0.717) is 43.5 Å². The number of hydrogen-bond acceptors (Lipinski definition) is 20. The molecular weight excluding hydrogens is 1280 g/mol. The van der Waals surface area contributed by atoms with Crippen LogP contribution in [0.2, 0.25) is 0 Å². The molecule has 0 bridgehead atoms. The van der Waals surface area contributed by atoms with E-state index in [9.17, 15) is 76.7 Å². The van der Waals surface area contributed by atoms with Gasteiger partial charge < -0.3 is 42.4 Å². The van der Waals surface area contributed by atoms with Gasteiger partial charge in [-0.25, -0.2) is 4.79 Å². The molecule has 0 saturated heterocycles. The number of amides is 12. The Labute approximate surface area is 581 Å². The largest absolute Gasteiger partial charge is 0.461 e. The van der Waals surface area contributed by atoms with Gasteiger partial charge in [-0.1, -0.05) is 93.2 Å². The molecule has 99 heavy (non-hydrogen) atoms. The van der Waals surface area contributed by atoms with Gasteiger partial charge in [0.05, 0.1) is 24.0 Å². The molecule has 4 aliphatic heterocycles. The van der Waals surface area contributed by atoms with Gasteiger partial charge in [-0.2, -0.15) is 0 Å². The van der Waals surface area contributed by atoms with Crippen molar-refractivity contribution in [2.24, 2.45) is 35.1 Å². The van der Waals surface area contributed by atoms with Crippen LogP contribution in [0, 0.1) is 23.7 Å². The number of rotatable bonds is 38. The fourth-order valence-electron chi connectivity index (χ4n) is 10.4. The van der Waals surface area contributed by atoms with E-state index in [1.807, 2.05) is 13.8 Å². The first-order valence-corrected chi connectivity index (χ1v) is 33.7. The van der Waals surface area contributed by atoms with E-state index in [2.05, 4.69) is 60.9 Å². The van der Waals surface area contributed by atoms with Crippen LogP contribution in [0.1, 0.15) is 166 Å². The van der Waals surface area contributed by atoms with Crippen molar-refractivity contribution < 1.29 is 81.4 Å². The molecule has 6 atom stereocenters.